The average molecular weight is 383 g/mol. The number of likely N-dealkylation sites (tertiary alicyclic amines) is 1. The molecule has 0 unspecified atom stereocenters. The van der Waals surface area contributed by atoms with Crippen LogP contribution in [0.5, 0.6) is 0 Å². The highest BCUT2D eigenvalue weighted by Gasteiger charge is 2.26. The Hall–Kier alpha value is -1.71. The number of carbonyl (C=O) groups is 1. The summed E-state index contributed by atoms with van der Waals surface area (Å²) in [6.07, 6.45) is 1.84. The van der Waals surface area contributed by atoms with Gasteiger partial charge in [0.05, 0.1) is 16.0 Å². The second kappa shape index (κ2) is 7.67. The van der Waals surface area contributed by atoms with Gasteiger partial charge in [-0.1, -0.05) is 30.4 Å². The maximum Gasteiger partial charge on any atom is 0.323 e. The Bertz CT molecular complexity index is 809. The molecule has 0 spiro atoms. The normalized spacial score (nSPS) is 16.3. The molecule has 7 nitrogen and oxygen atoms in total. The van der Waals surface area contributed by atoms with Crippen LogP contribution in [0, 0.1) is 0 Å². The number of fused-ring (bicyclic) bond motifs is 1. The lowest BCUT2D eigenvalue weighted by Gasteiger charge is -2.31. The summed E-state index contributed by atoms with van der Waals surface area (Å²) in [7, 11) is -3.21. The van der Waals surface area contributed by atoms with E-state index in [-0.39, 0.29) is 17.8 Å². The van der Waals surface area contributed by atoms with Crippen molar-refractivity contribution < 1.29 is 13.2 Å². The Morgan fingerprint density at radius 2 is 2.04 bits per heavy atom. The number of para-hydroxylation sites is 1. The first kappa shape index (κ1) is 18.1. The fourth-order valence-electron chi connectivity index (χ4n) is 2.88. The molecule has 1 aliphatic heterocycles. The molecule has 3 rings (SSSR count). The predicted octanol–water partition coefficient (Wildman–Crippen LogP) is 2.62. The van der Waals surface area contributed by atoms with Crippen LogP contribution in [-0.4, -0.2) is 49.2 Å². The van der Waals surface area contributed by atoms with Gasteiger partial charge in [-0.05, 0) is 31.4 Å². The fraction of sp³-hybridized carbons (Fsp3) is 0.500. The number of nitrogens with zero attached hydrogens (tertiary/aromatic N) is 2. The van der Waals surface area contributed by atoms with E-state index in [4.69, 9.17) is 0 Å². The zero-order chi connectivity index (χ0) is 17.9. The number of thiazole rings is 1. The quantitative estimate of drug-likeness (QED) is 0.831. The Morgan fingerprint density at radius 1 is 1.32 bits per heavy atom. The van der Waals surface area contributed by atoms with Gasteiger partial charge < -0.3 is 4.90 Å². The Morgan fingerprint density at radius 3 is 2.72 bits per heavy atom. The lowest BCUT2D eigenvalue weighted by molar-refractivity contribution is 0.193. The second-order valence-electron chi connectivity index (χ2n) is 6.11. The van der Waals surface area contributed by atoms with Crippen LogP contribution in [-0.2, 0) is 10.0 Å². The molecule has 0 bridgehead atoms. The molecule has 25 heavy (non-hydrogen) atoms. The van der Waals surface area contributed by atoms with Crippen molar-refractivity contribution in [2.24, 2.45) is 0 Å². The lowest BCUT2D eigenvalue weighted by atomic mass is 10.1. The van der Waals surface area contributed by atoms with Crippen LogP contribution in [0.25, 0.3) is 10.2 Å². The number of nitrogens with one attached hydrogen (secondary N) is 2. The van der Waals surface area contributed by atoms with Crippen molar-refractivity contribution in [2.45, 2.75) is 32.2 Å². The minimum absolute atomic E-state index is 0.0944. The Kier molecular flexibility index (Phi) is 5.55. The summed E-state index contributed by atoms with van der Waals surface area (Å²) in [5, 5.41) is 3.42. The van der Waals surface area contributed by atoms with Crippen LogP contribution in [0.3, 0.4) is 0 Å². The van der Waals surface area contributed by atoms with Crippen LogP contribution >= 0.6 is 11.3 Å². The van der Waals surface area contributed by atoms with E-state index in [2.05, 4.69) is 15.0 Å². The van der Waals surface area contributed by atoms with Gasteiger partial charge in [0.2, 0.25) is 10.0 Å². The van der Waals surface area contributed by atoms with Crippen molar-refractivity contribution in [2.75, 3.05) is 24.2 Å². The second-order valence-corrected chi connectivity index (χ2v) is 9.02. The lowest BCUT2D eigenvalue weighted by Crippen LogP contribution is -2.48. The van der Waals surface area contributed by atoms with Crippen LogP contribution in [0.4, 0.5) is 9.93 Å². The highest BCUT2D eigenvalue weighted by molar-refractivity contribution is 7.89. The molecule has 2 N–H and O–H groups in total. The number of rotatable bonds is 5. The van der Waals surface area contributed by atoms with Gasteiger partial charge in [0.25, 0.3) is 0 Å². The first-order chi connectivity index (χ1) is 12.0. The van der Waals surface area contributed by atoms with E-state index in [9.17, 15) is 13.2 Å². The maximum absolute atomic E-state index is 12.4. The topological polar surface area (TPSA) is 91.4 Å². The fourth-order valence-corrected chi connectivity index (χ4v) is 5.13. The van der Waals surface area contributed by atoms with E-state index in [0.29, 0.717) is 37.5 Å². The molecule has 1 aromatic carbocycles. The molecular weight excluding hydrogens is 360 g/mol. The molecule has 1 aromatic heterocycles. The first-order valence-electron chi connectivity index (χ1n) is 8.38. The molecule has 2 heterocycles. The maximum atomic E-state index is 12.4. The number of sulfonamides is 1. The van der Waals surface area contributed by atoms with Crippen LogP contribution in [0.2, 0.25) is 0 Å². The van der Waals surface area contributed by atoms with Gasteiger partial charge in [-0.25, -0.2) is 22.9 Å². The summed E-state index contributed by atoms with van der Waals surface area (Å²) in [4.78, 5) is 18.5. The monoisotopic (exact) mass is 382 g/mol. The number of amides is 2. The number of anilines is 1. The van der Waals surface area contributed by atoms with Gasteiger partial charge in [-0.3, -0.25) is 5.32 Å². The summed E-state index contributed by atoms with van der Waals surface area (Å²) >= 11 is 1.44. The third kappa shape index (κ3) is 4.68. The minimum atomic E-state index is -3.21. The molecule has 0 saturated carbocycles. The van der Waals surface area contributed by atoms with Gasteiger partial charge in [0.1, 0.15) is 0 Å². The smallest absolute Gasteiger partial charge is 0.323 e. The van der Waals surface area contributed by atoms with E-state index >= 15 is 0 Å². The van der Waals surface area contributed by atoms with Crippen LogP contribution < -0.4 is 10.0 Å². The van der Waals surface area contributed by atoms with Crippen molar-refractivity contribution >= 4 is 42.7 Å². The van der Waals surface area contributed by atoms with E-state index in [1.54, 1.807) is 4.90 Å². The summed E-state index contributed by atoms with van der Waals surface area (Å²) in [6.45, 7) is 2.89. The van der Waals surface area contributed by atoms with Crippen molar-refractivity contribution in [3.8, 4) is 0 Å². The Labute approximate surface area is 151 Å². The molecule has 1 saturated heterocycles. The number of aromatic nitrogens is 1. The first-order valence-corrected chi connectivity index (χ1v) is 10.9. The summed E-state index contributed by atoms with van der Waals surface area (Å²) < 4.78 is 27.4. The highest BCUT2D eigenvalue weighted by Crippen LogP contribution is 2.25. The van der Waals surface area contributed by atoms with Gasteiger partial charge in [-0.15, -0.1) is 0 Å². The molecule has 1 fully saturated rings. The third-order valence-electron chi connectivity index (χ3n) is 4.11. The van der Waals surface area contributed by atoms with Crippen molar-refractivity contribution in [1.29, 1.82) is 0 Å². The van der Waals surface area contributed by atoms with Gasteiger partial charge in [0.15, 0.2) is 5.13 Å². The van der Waals surface area contributed by atoms with E-state index in [1.165, 1.54) is 11.3 Å². The largest absolute Gasteiger partial charge is 0.324 e. The molecule has 136 valence electrons. The van der Waals surface area contributed by atoms with E-state index in [0.717, 1.165) is 10.2 Å². The van der Waals surface area contributed by atoms with Gasteiger partial charge in [-0.2, -0.15) is 0 Å². The molecule has 0 atom stereocenters. The summed E-state index contributed by atoms with van der Waals surface area (Å²) in [6, 6.07) is 7.46. The molecule has 1 aliphatic rings. The van der Waals surface area contributed by atoms with E-state index in [1.807, 2.05) is 31.2 Å². The number of hydrogen-bond donors (Lipinski definition) is 2. The SMILES string of the molecule is CCCS(=O)(=O)NC1CCN(C(=O)Nc2nc3ccccc3s2)CC1. The molecule has 9 heteroatoms. The molecule has 0 radical (unpaired) electrons. The van der Waals surface area contributed by atoms with Gasteiger partial charge >= 0.3 is 6.03 Å². The number of carbonyl (C=O) groups excluding carboxylic acids is 1. The van der Waals surface area contributed by atoms with Crippen molar-refractivity contribution in [1.82, 2.24) is 14.6 Å². The van der Waals surface area contributed by atoms with Crippen LogP contribution in [0.1, 0.15) is 26.2 Å². The standard InChI is InChI=1S/C16H22N4O3S2/c1-2-11-25(22,23)19-12-7-9-20(10-8-12)16(21)18-15-17-13-5-3-4-6-14(13)24-15/h3-6,12,19H,2,7-11H2,1H3,(H,17,18,21). The zero-order valence-corrected chi connectivity index (χ0v) is 15.7. The molecular formula is C16H22N4O3S2. The number of piperidine rings is 1. The minimum Gasteiger partial charge on any atom is -0.324 e. The molecule has 2 aromatic rings. The van der Waals surface area contributed by atoms with Crippen molar-refractivity contribution in [3.63, 3.8) is 0 Å². The number of benzene rings is 1. The summed E-state index contributed by atoms with van der Waals surface area (Å²) in [5.74, 6) is 0.144. The predicted molar refractivity (Wildman–Crippen MR) is 100 cm³/mol. The zero-order valence-electron chi connectivity index (χ0n) is 14.1. The van der Waals surface area contributed by atoms with Crippen LogP contribution in [0.15, 0.2) is 24.3 Å². The Balaban J connectivity index is 1.53. The van der Waals surface area contributed by atoms with Gasteiger partial charge in [0, 0.05) is 19.1 Å². The highest BCUT2D eigenvalue weighted by atomic mass is 32.2. The average Bonchev–Trinajstić information content (AvgIpc) is 2.97. The number of urea groups is 1. The third-order valence-corrected chi connectivity index (χ3v) is 6.70. The molecule has 0 aliphatic carbocycles. The van der Waals surface area contributed by atoms with E-state index < -0.39 is 10.0 Å². The number of hydrogen-bond acceptors (Lipinski definition) is 5. The molecule has 2 amide bonds. The van der Waals surface area contributed by atoms with Crippen molar-refractivity contribution in [3.05, 3.63) is 24.3 Å². The summed E-state index contributed by atoms with van der Waals surface area (Å²) in [5.41, 5.74) is 0.867.